The van der Waals surface area contributed by atoms with Gasteiger partial charge in [-0.1, -0.05) is 25.7 Å². The predicted molar refractivity (Wildman–Crippen MR) is 67.2 cm³/mol. The molecule has 0 spiro atoms. The van der Waals surface area contributed by atoms with Gasteiger partial charge in [0.25, 0.3) is 0 Å². The van der Waals surface area contributed by atoms with Crippen molar-refractivity contribution in [1.82, 2.24) is 5.32 Å². The molecule has 0 saturated heterocycles. The van der Waals surface area contributed by atoms with E-state index < -0.39 is 5.54 Å². The molecule has 0 aliphatic heterocycles. The second-order valence-corrected chi connectivity index (χ2v) is 5.38. The van der Waals surface area contributed by atoms with E-state index in [0.29, 0.717) is 6.42 Å². The first-order valence-corrected chi connectivity index (χ1v) is 7.33. The van der Waals surface area contributed by atoms with Gasteiger partial charge in [0.15, 0.2) is 0 Å². The second-order valence-electron chi connectivity index (χ2n) is 4.40. The molecule has 1 aliphatic rings. The number of amides is 1. The van der Waals surface area contributed by atoms with Crippen LogP contribution in [0.25, 0.3) is 0 Å². The Morgan fingerprint density at radius 3 is 2.50 bits per heavy atom. The van der Waals surface area contributed by atoms with Crippen LogP contribution in [0, 0.1) is 11.3 Å². The lowest BCUT2D eigenvalue weighted by Crippen LogP contribution is -2.47. The van der Waals surface area contributed by atoms with Crippen molar-refractivity contribution in [2.24, 2.45) is 0 Å². The molecule has 0 aromatic carbocycles. The number of hydrogen-bond donors (Lipinski definition) is 1. The Labute approximate surface area is 102 Å². The Morgan fingerprint density at radius 1 is 1.38 bits per heavy atom. The minimum absolute atomic E-state index is 0.0257. The van der Waals surface area contributed by atoms with Crippen molar-refractivity contribution >= 4 is 17.7 Å². The van der Waals surface area contributed by atoms with Gasteiger partial charge in [-0.05, 0) is 19.1 Å². The Balaban J connectivity index is 2.51. The highest BCUT2D eigenvalue weighted by Gasteiger charge is 2.32. The van der Waals surface area contributed by atoms with Gasteiger partial charge in [0, 0.05) is 12.2 Å². The number of carbonyl (C=O) groups is 1. The number of nitriles is 1. The van der Waals surface area contributed by atoms with Crippen LogP contribution >= 0.6 is 11.8 Å². The third kappa shape index (κ3) is 4.05. The van der Waals surface area contributed by atoms with E-state index in [1.54, 1.807) is 11.8 Å². The minimum atomic E-state index is -0.577. The maximum atomic E-state index is 11.7. The predicted octanol–water partition coefficient (Wildman–Crippen LogP) is 2.47. The fourth-order valence-corrected chi connectivity index (χ4v) is 2.51. The van der Waals surface area contributed by atoms with E-state index in [9.17, 15) is 10.1 Å². The van der Waals surface area contributed by atoms with Gasteiger partial charge in [-0.3, -0.25) is 4.79 Å². The van der Waals surface area contributed by atoms with Gasteiger partial charge in [-0.2, -0.15) is 17.0 Å². The number of rotatable bonds is 4. The summed E-state index contributed by atoms with van der Waals surface area (Å²) in [5.74, 6) is 0.852. The summed E-state index contributed by atoms with van der Waals surface area (Å²) in [7, 11) is 0. The summed E-state index contributed by atoms with van der Waals surface area (Å²) in [5, 5.41) is 12.2. The third-order valence-corrected chi connectivity index (χ3v) is 3.70. The van der Waals surface area contributed by atoms with Crippen LogP contribution in [-0.4, -0.2) is 23.5 Å². The largest absolute Gasteiger partial charge is 0.338 e. The second kappa shape index (κ2) is 6.80. The van der Waals surface area contributed by atoms with Gasteiger partial charge < -0.3 is 5.32 Å². The van der Waals surface area contributed by atoms with Crippen molar-refractivity contribution in [2.45, 2.75) is 50.5 Å². The third-order valence-electron chi connectivity index (χ3n) is 3.08. The van der Waals surface area contributed by atoms with Crippen molar-refractivity contribution in [3.05, 3.63) is 0 Å². The highest BCUT2D eigenvalue weighted by molar-refractivity contribution is 7.98. The van der Waals surface area contributed by atoms with Gasteiger partial charge in [0.2, 0.25) is 5.91 Å². The first kappa shape index (κ1) is 13.4. The summed E-state index contributed by atoms with van der Waals surface area (Å²) in [6, 6.07) is 2.33. The van der Waals surface area contributed by atoms with Gasteiger partial charge in [0.05, 0.1) is 6.07 Å². The van der Waals surface area contributed by atoms with E-state index in [2.05, 4.69) is 11.4 Å². The van der Waals surface area contributed by atoms with Crippen molar-refractivity contribution in [3.63, 3.8) is 0 Å². The normalized spacial score (nSPS) is 19.5. The number of nitrogens with zero attached hydrogens (tertiary/aromatic N) is 1. The zero-order valence-electron chi connectivity index (χ0n) is 9.92. The summed E-state index contributed by atoms with van der Waals surface area (Å²) in [4.78, 5) is 11.7. The average Bonchev–Trinajstić information content (AvgIpc) is 2.52. The molecule has 4 heteroatoms. The molecule has 0 atom stereocenters. The number of thioether (sulfide) groups is 1. The molecule has 0 aromatic heterocycles. The molecule has 1 fully saturated rings. The zero-order chi connectivity index (χ0) is 11.9. The highest BCUT2D eigenvalue weighted by Crippen LogP contribution is 2.26. The molecular weight excluding hydrogens is 220 g/mol. The van der Waals surface area contributed by atoms with Gasteiger partial charge >= 0.3 is 0 Å². The van der Waals surface area contributed by atoms with Crippen LogP contribution in [-0.2, 0) is 4.79 Å². The summed E-state index contributed by atoms with van der Waals surface area (Å²) < 4.78 is 0. The van der Waals surface area contributed by atoms with Gasteiger partial charge in [-0.25, -0.2) is 0 Å². The SMILES string of the molecule is CSCCC(=O)NC1(C#N)CCCCCC1. The molecule has 1 aliphatic carbocycles. The molecule has 1 rings (SSSR count). The summed E-state index contributed by atoms with van der Waals surface area (Å²) >= 11 is 1.66. The van der Waals surface area contributed by atoms with E-state index in [-0.39, 0.29) is 5.91 Å². The van der Waals surface area contributed by atoms with Crippen LogP contribution in [0.4, 0.5) is 0 Å². The van der Waals surface area contributed by atoms with Crippen molar-refractivity contribution in [2.75, 3.05) is 12.0 Å². The topological polar surface area (TPSA) is 52.9 Å². The zero-order valence-corrected chi connectivity index (χ0v) is 10.7. The lowest BCUT2D eigenvalue weighted by molar-refractivity contribution is -0.122. The van der Waals surface area contributed by atoms with Gasteiger partial charge in [-0.15, -0.1) is 0 Å². The molecule has 16 heavy (non-hydrogen) atoms. The summed E-state index contributed by atoms with van der Waals surface area (Å²) in [6.07, 6.45) is 8.60. The summed E-state index contributed by atoms with van der Waals surface area (Å²) in [5.41, 5.74) is -0.577. The maximum Gasteiger partial charge on any atom is 0.222 e. The first-order chi connectivity index (χ1) is 7.72. The van der Waals surface area contributed by atoms with E-state index in [1.165, 1.54) is 12.8 Å². The Hall–Kier alpha value is -0.690. The van der Waals surface area contributed by atoms with E-state index >= 15 is 0 Å². The Bertz CT molecular complexity index is 265. The van der Waals surface area contributed by atoms with Crippen molar-refractivity contribution in [1.29, 1.82) is 5.26 Å². The Morgan fingerprint density at radius 2 is 2.00 bits per heavy atom. The smallest absolute Gasteiger partial charge is 0.222 e. The van der Waals surface area contributed by atoms with E-state index in [1.807, 2.05) is 6.26 Å². The maximum absolute atomic E-state index is 11.7. The lowest BCUT2D eigenvalue weighted by atomic mass is 9.92. The van der Waals surface area contributed by atoms with Crippen molar-refractivity contribution < 1.29 is 4.79 Å². The molecule has 1 N–H and O–H groups in total. The average molecular weight is 240 g/mol. The first-order valence-electron chi connectivity index (χ1n) is 5.94. The molecule has 0 aromatic rings. The fourth-order valence-electron chi connectivity index (χ4n) is 2.12. The molecule has 0 unspecified atom stereocenters. The molecule has 0 bridgehead atoms. The van der Waals surface area contributed by atoms with Gasteiger partial charge in [0.1, 0.15) is 5.54 Å². The number of nitrogens with one attached hydrogen (secondary N) is 1. The minimum Gasteiger partial charge on any atom is -0.338 e. The molecule has 90 valence electrons. The quantitative estimate of drug-likeness (QED) is 0.768. The van der Waals surface area contributed by atoms with Crippen LogP contribution in [0.5, 0.6) is 0 Å². The van der Waals surface area contributed by atoms with Crippen LogP contribution < -0.4 is 5.32 Å². The molecule has 0 heterocycles. The number of carbonyl (C=O) groups excluding carboxylic acids is 1. The van der Waals surface area contributed by atoms with Crippen LogP contribution in [0.1, 0.15) is 44.9 Å². The molecule has 3 nitrogen and oxygen atoms in total. The fraction of sp³-hybridized carbons (Fsp3) is 0.833. The molecule has 0 radical (unpaired) electrons. The Kier molecular flexibility index (Phi) is 5.68. The van der Waals surface area contributed by atoms with Crippen LogP contribution in [0.2, 0.25) is 0 Å². The van der Waals surface area contributed by atoms with Crippen LogP contribution in [0.3, 0.4) is 0 Å². The van der Waals surface area contributed by atoms with E-state index in [4.69, 9.17) is 0 Å². The van der Waals surface area contributed by atoms with E-state index in [0.717, 1.165) is 31.4 Å². The lowest BCUT2D eigenvalue weighted by Gasteiger charge is -2.26. The standard InChI is InChI=1S/C12H20N2OS/c1-16-9-6-11(15)14-12(10-13)7-4-2-3-5-8-12/h2-9H2,1H3,(H,14,15). The number of hydrogen-bond acceptors (Lipinski definition) is 3. The van der Waals surface area contributed by atoms with Crippen molar-refractivity contribution in [3.8, 4) is 6.07 Å². The molecule has 1 amide bonds. The highest BCUT2D eigenvalue weighted by atomic mass is 32.2. The monoisotopic (exact) mass is 240 g/mol. The van der Waals surface area contributed by atoms with Crippen LogP contribution in [0.15, 0.2) is 0 Å². The molecule has 1 saturated carbocycles. The summed E-state index contributed by atoms with van der Waals surface area (Å²) in [6.45, 7) is 0. The molecular formula is C12H20N2OS.